The molecular weight excluding hydrogens is 327 g/mol. The molecule has 118 valence electrons. The maximum atomic E-state index is 12.9. The molecular formula is C15H10F3N3OS. The Labute approximate surface area is 135 Å². The number of hydrazine groups is 1. The first-order valence-corrected chi connectivity index (χ1v) is 6.71. The fourth-order valence-electron chi connectivity index (χ4n) is 1.70. The van der Waals surface area contributed by atoms with Crippen LogP contribution in [0, 0.1) is 11.3 Å². The summed E-state index contributed by atoms with van der Waals surface area (Å²) in [5.74, 6) is 0.489. The van der Waals surface area contributed by atoms with Crippen LogP contribution < -0.4 is 15.6 Å². The summed E-state index contributed by atoms with van der Waals surface area (Å²) >= 11 is 4.92. The molecule has 0 aliphatic rings. The van der Waals surface area contributed by atoms with Crippen LogP contribution in [0.4, 0.5) is 18.9 Å². The van der Waals surface area contributed by atoms with Gasteiger partial charge in [-0.2, -0.15) is 18.4 Å². The molecule has 0 heterocycles. The van der Waals surface area contributed by atoms with Crippen LogP contribution in [0.2, 0.25) is 0 Å². The number of para-hydroxylation sites is 1. The highest BCUT2D eigenvalue weighted by Crippen LogP contribution is 2.33. The molecule has 0 aliphatic heterocycles. The molecule has 0 saturated carbocycles. The number of ether oxygens (including phenoxy) is 1. The lowest BCUT2D eigenvalue weighted by Crippen LogP contribution is -2.32. The normalized spacial score (nSPS) is 10.5. The van der Waals surface area contributed by atoms with Gasteiger partial charge in [-0.1, -0.05) is 18.2 Å². The van der Waals surface area contributed by atoms with Gasteiger partial charge in [0.25, 0.3) is 5.17 Å². The Morgan fingerprint density at radius 2 is 1.83 bits per heavy atom. The van der Waals surface area contributed by atoms with Crippen molar-refractivity contribution in [2.45, 2.75) is 6.18 Å². The van der Waals surface area contributed by atoms with Gasteiger partial charge in [-0.25, -0.2) is 0 Å². The number of nitrogens with one attached hydrogen (secondary N) is 2. The zero-order chi connectivity index (χ0) is 16.9. The largest absolute Gasteiger partial charge is 0.431 e. The van der Waals surface area contributed by atoms with Crippen LogP contribution in [-0.2, 0) is 6.18 Å². The number of hydrogen-bond donors (Lipinski definition) is 2. The monoisotopic (exact) mass is 337 g/mol. The Morgan fingerprint density at radius 3 is 2.43 bits per heavy atom. The van der Waals surface area contributed by atoms with Crippen LogP contribution in [0.3, 0.4) is 0 Å². The molecule has 2 aromatic rings. The molecule has 0 bridgehead atoms. The number of nitrogens with zero attached hydrogens (tertiary/aromatic N) is 1. The molecule has 23 heavy (non-hydrogen) atoms. The van der Waals surface area contributed by atoms with Crippen molar-refractivity contribution in [2.24, 2.45) is 0 Å². The average Bonchev–Trinajstić information content (AvgIpc) is 2.53. The van der Waals surface area contributed by atoms with Gasteiger partial charge in [0.2, 0.25) is 0 Å². The number of alkyl halides is 3. The Morgan fingerprint density at radius 1 is 1.13 bits per heavy atom. The Hall–Kier alpha value is -2.79. The van der Waals surface area contributed by atoms with Gasteiger partial charge in [0.05, 0.1) is 22.9 Å². The summed E-state index contributed by atoms with van der Waals surface area (Å²) in [5, 5.41) is 8.67. The molecule has 2 rings (SSSR count). The first-order chi connectivity index (χ1) is 10.9. The molecule has 0 aromatic heterocycles. The second kappa shape index (κ2) is 6.98. The maximum absolute atomic E-state index is 12.9. The molecule has 0 saturated heterocycles. The molecule has 0 unspecified atom stereocenters. The number of nitriles is 1. The number of benzene rings is 2. The number of anilines is 1. The molecule has 2 aromatic carbocycles. The van der Waals surface area contributed by atoms with E-state index in [4.69, 9.17) is 22.2 Å². The maximum Gasteiger partial charge on any atom is 0.417 e. The average molecular weight is 337 g/mol. The number of thiocarbonyl (C=S) groups is 1. The highest BCUT2D eigenvalue weighted by atomic mass is 32.1. The minimum absolute atomic E-state index is 0.0610. The standard InChI is InChI=1S/C15H10F3N3OS/c16-15(17,18)13-8-11(7-6-10(13)9-19)20-21-14(23)22-12-4-2-1-3-5-12/h1-8,20H,(H,21,23). The van der Waals surface area contributed by atoms with Gasteiger partial charge in [0, 0.05) is 0 Å². The summed E-state index contributed by atoms with van der Waals surface area (Å²) in [6.07, 6.45) is -4.62. The third-order valence-electron chi connectivity index (χ3n) is 2.71. The molecule has 8 heteroatoms. The van der Waals surface area contributed by atoms with E-state index < -0.39 is 17.3 Å². The van der Waals surface area contributed by atoms with E-state index in [0.717, 1.165) is 12.1 Å². The fraction of sp³-hybridized carbons (Fsp3) is 0.0667. The van der Waals surface area contributed by atoms with Crippen molar-refractivity contribution in [1.82, 2.24) is 5.43 Å². The third kappa shape index (κ3) is 4.59. The summed E-state index contributed by atoms with van der Waals surface area (Å²) in [5.41, 5.74) is 3.59. The minimum Gasteiger partial charge on any atom is -0.431 e. The van der Waals surface area contributed by atoms with E-state index in [0.29, 0.717) is 5.75 Å². The fourth-order valence-corrected chi connectivity index (χ4v) is 1.85. The number of halogens is 3. The van der Waals surface area contributed by atoms with Crippen LogP contribution in [0.5, 0.6) is 5.75 Å². The quantitative estimate of drug-likeness (QED) is 0.658. The zero-order valence-corrected chi connectivity index (χ0v) is 12.3. The lowest BCUT2D eigenvalue weighted by atomic mass is 10.1. The lowest BCUT2D eigenvalue weighted by Gasteiger charge is -2.14. The molecule has 0 radical (unpaired) electrons. The summed E-state index contributed by atoms with van der Waals surface area (Å²) in [7, 11) is 0. The molecule has 4 nitrogen and oxygen atoms in total. The van der Waals surface area contributed by atoms with Crippen molar-refractivity contribution in [3.8, 4) is 11.8 Å². The molecule has 0 fully saturated rings. The molecule has 0 spiro atoms. The van der Waals surface area contributed by atoms with E-state index in [1.807, 2.05) is 0 Å². The van der Waals surface area contributed by atoms with E-state index in [-0.39, 0.29) is 10.9 Å². The van der Waals surface area contributed by atoms with Crippen LogP contribution in [0.15, 0.2) is 48.5 Å². The van der Waals surface area contributed by atoms with Gasteiger partial charge in [-0.15, -0.1) is 0 Å². The Kier molecular flexibility index (Phi) is 5.03. The van der Waals surface area contributed by atoms with Crippen molar-refractivity contribution in [3.63, 3.8) is 0 Å². The van der Waals surface area contributed by atoms with Gasteiger partial charge < -0.3 is 4.74 Å². The molecule has 0 aliphatic carbocycles. The van der Waals surface area contributed by atoms with Gasteiger partial charge in [-0.3, -0.25) is 10.9 Å². The summed E-state index contributed by atoms with van der Waals surface area (Å²) < 4.78 is 43.8. The summed E-state index contributed by atoms with van der Waals surface area (Å²) in [6.45, 7) is 0. The summed E-state index contributed by atoms with van der Waals surface area (Å²) in [6, 6.07) is 13.4. The summed E-state index contributed by atoms with van der Waals surface area (Å²) in [4.78, 5) is 0. The smallest absolute Gasteiger partial charge is 0.417 e. The topological polar surface area (TPSA) is 57.1 Å². The van der Waals surface area contributed by atoms with Crippen molar-refractivity contribution in [3.05, 3.63) is 59.7 Å². The first kappa shape index (κ1) is 16.6. The van der Waals surface area contributed by atoms with Crippen molar-refractivity contribution in [1.29, 1.82) is 5.26 Å². The van der Waals surface area contributed by atoms with Crippen LogP contribution in [0.25, 0.3) is 0 Å². The van der Waals surface area contributed by atoms with Gasteiger partial charge in [0.15, 0.2) is 0 Å². The SMILES string of the molecule is N#Cc1ccc(NNC(=S)Oc2ccccc2)cc1C(F)(F)F. The van der Waals surface area contributed by atoms with E-state index in [2.05, 4.69) is 10.9 Å². The van der Waals surface area contributed by atoms with E-state index in [1.54, 1.807) is 30.3 Å². The lowest BCUT2D eigenvalue weighted by molar-refractivity contribution is -0.137. The van der Waals surface area contributed by atoms with E-state index >= 15 is 0 Å². The highest BCUT2D eigenvalue weighted by molar-refractivity contribution is 7.80. The second-order valence-electron chi connectivity index (χ2n) is 4.32. The molecule has 0 atom stereocenters. The van der Waals surface area contributed by atoms with Gasteiger partial charge >= 0.3 is 6.18 Å². The van der Waals surface area contributed by atoms with Crippen LogP contribution >= 0.6 is 12.2 Å². The zero-order valence-electron chi connectivity index (χ0n) is 11.5. The number of hydrogen-bond acceptors (Lipinski definition) is 4. The van der Waals surface area contributed by atoms with Crippen LogP contribution in [-0.4, -0.2) is 5.17 Å². The Balaban J connectivity index is 2.04. The van der Waals surface area contributed by atoms with Crippen molar-refractivity contribution < 1.29 is 17.9 Å². The van der Waals surface area contributed by atoms with Gasteiger partial charge in [0.1, 0.15) is 5.75 Å². The van der Waals surface area contributed by atoms with Crippen LogP contribution in [0.1, 0.15) is 11.1 Å². The number of rotatable bonds is 3. The Bertz CT molecular complexity index is 742. The van der Waals surface area contributed by atoms with E-state index in [9.17, 15) is 13.2 Å². The van der Waals surface area contributed by atoms with Crippen molar-refractivity contribution >= 4 is 23.1 Å². The predicted octanol–water partition coefficient (Wildman–Crippen LogP) is 3.86. The van der Waals surface area contributed by atoms with E-state index in [1.165, 1.54) is 12.1 Å². The molecule has 0 amide bonds. The van der Waals surface area contributed by atoms with Crippen molar-refractivity contribution in [2.75, 3.05) is 5.43 Å². The van der Waals surface area contributed by atoms with Gasteiger partial charge in [-0.05, 0) is 42.5 Å². The first-order valence-electron chi connectivity index (χ1n) is 6.30. The third-order valence-corrected chi connectivity index (χ3v) is 2.89. The highest BCUT2D eigenvalue weighted by Gasteiger charge is 2.33. The molecule has 2 N–H and O–H groups in total. The second-order valence-corrected chi connectivity index (χ2v) is 4.69. The minimum atomic E-state index is -4.62. The predicted molar refractivity (Wildman–Crippen MR) is 82.6 cm³/mol.